The lowest BCUT2D eigenvalue weighted by molar-refractivity contribution is -0.127. The Morgan fingerprint density at radius 3 is 2.19 bits per heavy atom. The van der Waals surface area contributed by atoms with Crippen molar-refractivity contribution in [1.29, 1.82) is 0 Å². The minimum Gasteiger partial charge on any atom is -0.491 e. The van der Waals surface area contributed by atoms with Crippen molar-refractivity contribution in [3.8, 4) is 5.75 Å². The molecule has 0 radical (unpaired) electrons. The molecule has 1 aliphatic carbocycles. The molecule has 6 nitrogen and oxygen atoms in total. The molecule has 148 valence electrons. The number of rotatable bonds is 5. The summed E-state index contributed by atoms with van der Waals surface area (Å²) in [6, 6.07) is 7.67. The molecule has 3 aliphatic rings. The number of hydrogen-bond acceptors (Lipinski definition) is 4. The Kier molecular flexibility index (Phi) is 4.71. The maximum Gasteiger partial charge on any atom is 0.233 e. The summed E-state index contributed by atoms with van der Waals surface area (Å²) in [7, 11) is -3.14. The van der Waals surface area contributed by atoms with E-state index in [4.69, 9.17) is 4.74 Å². The summed E-state index contributed by atoms with van der Waals surface area (Å²) in [4.78, 5) is 15.0. The van der Waals surface area contributed by atoms with E-state index in [2.05, 4.69) is 0 Å². The highest BCUT2D eigenvalue weighted by Crippen LogP contribution is 2.44. The van der Waals surface area contributed by atoms with Gasteiger partial charge in [-0.15, -0.1) is 0 Å². The van der Waals surface area contributed by atoms with Gasteiger partial charge in [-0.05, 0) is 70.2 Å². The Labute approximate surface area is 161 Å². The van der Waals surface area contributed by atoms with Crippen LogP contribution in [0, 0.1) is 5.41 Å². The predicted octanol–water partition coefficient (Wildman–Crippen LogP) is 2.78. The van der Waals surface area contributed by atoms with Gasteiger partial charge in [0.1, 0.15) is 5.75 Å². The largest absolute Gasteiger partial charge is 0.491 e. The summed E-state index contributed by atoms with van der Waals surface area (Å²) in [5.74, 6) is 0.942. The van der Waals surface area contributed by atoms with Crippen LogP contribution in [0.15, 0.2) is 24.3 Å². The summed E-state index contributed by atoms with van der Waals surface area (Å²) in [6.45, 7) is 5.60. The molecule has 7 heteroatoms. The van der Waals surface area contributed by atoms with Gasteiger partial charge in [0.05, 0.1) is 16.8 Å². The Hall–Kier alpha value is -1.60. The number of anilines is 1. The van der Waals surface area contributed by atoms with Crippen molar-refractivity contribution in [2.45, 2.75) is 57.3 Å². The molecule has 2 saturated heterocycles. The topological polar surface area (TPSA) is 66.9 Å². The van der Waals surface area contributed by atoms with E-state index in [0.29, 0.717) is 32.5 Å². The fourth-order valence-corrected chi connectivity index (χ4v) is 6.10. The lowest BCUT2D eigenvalue weighted by atomic mass is 9.77. The van der Waals surface area contributed by atoms with Crippen molar-refractivity contribution in [1.82, 2.24) is 4.31 Å². The maximum absolute atomic E-state index is 13.2. The minimum atomic E-state index is -3.14. The number of carbonyl (C=O) groups excluding carboxylic acids is 1. The molecular formula is C20H28N2O4S. The lowest BCUT2D eigenvalue weighted by Crippen LogP contribution is -2.47. The number of amides is 1. The molecule has 0 atom stereocenters. The second-order valence-corrected chi connectivity index (χ2v) is 10.5. The molecule has 3 fully saturated rings. The van der Waals surface area contributed by atoms with E-state index in [0.717, 1.165) is 30.7 Å². The van der Waals surface area contributed by atoms with Crippen LogP contribution in [-0.2, 0) is 14.8 Å². The molecule has 4 rings (SSSR count). The van der Waals surface area contributed by atoms with Crippen LogP contribution in [0.1, 0.15) is 46.0 Å². The zero-order valence-corrected chi connectivity index (χ0v) is 16.9. The first kappa shape index (κ1) is 18.7. The molecule has 1 amide bonds. The average Bonchev–Trinajstić information content (AvgIpc) is 3.45. The fourth-order valence-electron chi connectivity index (χ4n) is 4.25. The van der Waals surface area contributed by atoms with E-state index in [1.54, 1.807) is 4.31 Å². The summed E-state index contributed by atoms with van der Waals surface area (Å²) >= 11 is 0. The van der Waals surface area contributed by atoms with Crippen LogP contribution in [0.3, 0.4) is 0 Å². The quantitative estimate of drug-likeness (QED) is 0.773. The van der Waals surface area contributed by atoms with Gasteiger partial charge in [0.15, 0.2) is 0 Å². The van der Waals surface area contributed by atoms with Gasteiger partial charge in [-0.25, -0.2) is 12.7 Å². The zero-order valence-electron chi connectivity index (χ0n) is 16.1. The Morgan fingerprint density at radius 2 is 1.63 bits per heavy atom. The van der Waals surface area contributed by atoms with Gasteiger partial charge in [-0.3, -0.25) is 4.79 Å². The van der Waals surface area contributed by atoms with Crippen LogP contribution in [-0.4, -0.2) is 49.6 Å². The van der Waals surface area contributed by atoms with Gasteiger partial charge in [0.25, 0.3) is 0 Å². The third-order valence-electron chi connectivity index (χ3n) is 6.02. The van der Waals surface area contributed by atoms with Crippen molar-refractivity contribution in [3.63, 3.8) is 0 Å². The first-order valence-electron chi connectivity index (χ1n) is 9.89. The van der Waals surface area contributed by atoms with Crippen molar-refractivity contribution in [2.24, 2.45) is 5.41 Å². The molecule has 2 heterocycles. The number of benzene rings is 1. The zero-order chi connectivity index (χ0) is 19.2. The van der Waals surface area contributed by atoms with Crippen LogP contribution in [0.25, 0.3) is 0 Å². The SMILES string of the molecule is CC(C)Oc1ccc(N2CCC3(CCN(S(=O)(=O)C4CC4)CC3)C2=O)cc1. The third-order valence-corrected chi connectivity index (χ3v) is 8.42. The predicted molar refractivity (Wildman–Crippen MR) is 104 cm³/mol. The van der Waals surface area contributed by atoms with E-state index in [1.807, 2.05) is 43.0 Å². The first-order valence-corrected chi connectivity index (χ1v) is 11.4. The van der Waals surface area contributed by atoms with Gasteiger partial charge in [0.2, 0.25) is 15.9 Å². The molecule has 1 aromatic carbocycles. The highest BCUT2D eigenvalue weighted by atomic mass is 32.2. The highest BCUT2D eigenvalue weighted by molar-refractivity contribution is 7.90. The standard InChI is InChI=1S/C20H28N2O4S/c1-15(2)26-17-5-3-16(4-6-17)22-14-11-20(19(22)23)9-12-21(13-10-20)27(24,25)18-7-8-18/h3-6,15,18H,7-14H2,1-2H3. The number of hydrogen-bond donors (Lipinski definition) is 0. The number of ether oxygens (including phenoxy) is 1. The summed E-state index contributed by atoms with van der Waals surface area (Å²) < 4.78 is 32.2. The van der Waals surface area contributed by atoms with Crippen LogP contribution < -0.4 is 9.64 Å². The van der Waals surface area contributed by atoms with E-state index in [9.17, 15) is 13.2 Å². The molecule has 2 aliphatic heterocycles. The smallest absolute Gasteiger partial charge is 0.233 e. The second-order valence-electron chi connectivity index (χ2n) is 8.29. The van der Waals surface area contributed by atoms with Crippen LogP contribution in [0.5, 0.6) is 5.75 Å². The Bertz CT molecular complexity index is 807. The third kappa shape index (κ3) is 3.47. The molecule has 0 bridgehead atoms. The number of sulfonamides is 1. The molecule has 1 saturated carbocycles. The lowest BCUT2D eigenvalue weighted by Gasteiger charge is -2.37. The van der Waals surface area contributed by atoms with E-state index >= 15 is 0 Å². The number of nitrogens with zero attached hydrogens (tertiary/aromatic N) is 2. The summed E-state index contributed by atoms with van der Waals surface area (Å²) in [5, 5.41) is -0.172. The molecule has 0 unspecified atom stereocenters. The van der Waals surface area contributed by atoms with Crippen LogP contribution >= 0.6 is 0 Å². The first-order chi connectivity index (χ1) is 12.8. The van der Waals surface area contributed by atoms with Crippen LogP contribution in [0.4, 0.5) is 5.69 Å². The van der Waals surface area contributed by atoms with Crippen molar-refractivity contribution in [2.75, 3.05) is 24.5 Å². The van der Waals surface area contributed by atoms with Crippen molar-refractivity contribution in [3.05, 3.63) is 24.3 Å². The van der Waals surface area contributed by atoms with Gasteiger partial charge < -0.3 is 9.64 Å². The van der Waals surface area contributed by atoms with Gasteiger partial charge in [-0.2, -0.15) is 0 Å². The molecule has 27 heavy (non-hydrogen) atoms. The molecular weight excluding hydrogens is 364 g/mol. The van der Waals surface area contributed by atoms with Crippen molar-refractivity contribution >= 4 is 21.6 Å². The fraction of sp³-hybridized carbons (Fsp3) is 0.650. The second kappa shape index (κ2) is 6.78. The van der Waals surface area contributed by atoms with Crippen LogP contribution in [0.2, 0.25) is 0 Å². The molecule has 0 N–H and O–H groups in total. The summed E-state index contributed by atoms with van der Waals surface area (Å²) in [5.41, 5.74) is 0.490. The Morgan fingerprint density at radius 1 is 1.04 bits per heavy atom. The van der Waals surface area contributed by atoms with E-state index in [-0.39, 0.29) is 17.3 Å². The van der Waals surface area contributed by atoms with Gasteiger partial charge in [0, 0.05) is 25.3 Å². The summed E-state index contributed by atoms with van der Waals surface area (Å²) in [6.07, 6.45) is 3.74. The van der Waals surface area contributed by atoms with E-state index in [1.165, 1.54) is 0 Å². The molecule has 1 spiro atoms. The minimum absolute atomic E-state index is 0.115. The molecule has 1 aromatic rings. The number of carbonyl (C=O) groups is 1. The average molecular weight is 393 g/mol. The molecule has 0 aromatic heterocycles. The van der Waals surface area contributed by atoms with E-state index < -0.39 is 15.4 Å². The number of piperidine rings is 1. The monoisotopic (exact) mass is 392 g/mol. The maximum atomic E-state index is 13.2. The highest BCUT2D eigenvalue weighted by Gasteiger charge is 2.51. The van der Waals surface area contributed by atoms with Crippen molar-refractivity contribution < 1.29 is 17.9 Å². The van der Waals surface area contributed by atoms with Gasteiger partial charge in [-0.1, -0.05) is 0 Å². The normalized spacial score (nSPS) is 23.4. The van der Waals surface area contributed by atoms with Gasteiger partial charge >= 0.3 is 0 Å². The Balaban J connectivity index is 1.43.